The van der Waals surface area contributed by atoms with E-state index in [1.165, 1.54) is 0 Å². The predicted molar refractivity (Wildman–Crippen MR) is 129 cm³/mol. The van der Waals surface area contributed by atoms with Gasteiger partial charge in [-0.05, 0) is 67.3 Å². The van der Waals surface area contributed by atoms with E-state index in [1.807, 2.05) is 12.1 Å². The molecule has 3 aliphatic rings. The maximum Gasteiger partial charge on any atom is 0.255 e. The molecular formula is C26H28ClN3O5. The Hall–Kier alpha value is -3.10. The van der Waals surface area contributed by atoms with Crippen molar-refractivity contribution in [1.29, 1.82) is 0 Å². The van der Waals surface area contributed by atoms with Gasteiger partial charge in [-0.25, -0.2) is 0 Å². The number of nitrogens with one attached hydrogen (secondary N) is 1. The van der Waals surface area contributed by atoms with Gasteiger partial charge in [-0.15, -0.1) is 0 Å². The first-order chi connectivity index (χ1) is 16.9. The lowest BCUT2D eigenvalue weighted by molar-refractivity contribution is -0.136. The molecule has 0 aromatic heterocycles. The fraction of sp³-hybridized carbons (Fsp3) is 0.423. The summed E-state index contributed by atoms with van der Waals surface area (Å²) in [5.74, 6) is -0.116. The molecule has 0 aliphatic carbocycles. The van der Waals surface area contributed by atoms with Crippen LogP contribution in [-0.2, 0) is 22.7 Å². The summed E-state index contributed by atoms with van der Waals surface area (Å²) in [6, 6.07) is 10.4. The molecule has 2 fully saturated rings. The Morgan fingerprint density at radius 1 is 1.09 bits per heavy atom. The van der Waals surface area contributed by atoms with Crippen molar-refractivity contribution in [3.63, 3.8) is 0 Å². The molecule has 0 spiro atoms. The molecule has 5 rings (SSSR count). The van der Waals surface area contributed by atoms with Gasteiger partial charge < -0.3 is 14.7 Å². The first-order valence-electron chi connectivity index (χ1n) is 12.0. The first-order valence-corrected chi connectivity index (χ1v) is 12.4. The zero-order valence-electron chi connectivity index (χ0n) is 19.3. The number of phenolic OH excluding ortho intramolecular Hbond substituents is 1. The summed E-state index contributed by atoms with van der Waals surface area (Å²) in [4.78, 5) is 40.5. The van der Waals surface area contributed by atoms with Crippen LogP contribution in [0.4, 0.5) is 0 Å². The summed E-state index contributed by atoms with van der Waals surface area (Å²) in [5, 5.41) is 12.4. The third kappa shape index (κ3) is 4.99. The molecule has 2 atom stereocenters. The third-order valence-electron chi connectivity index (χ3n) is 7.08. The standard InChI is InChI=1S/C26H28ClN3O5/c27-21-11-16(4-8-23(21)31)13-29-10-2-1-3-18(29)15-35-19-5-6-20-17(12-19)14-30(26(20)34)22-7-9-24(32)28-25(22)33/h4-6,8,11-12,18,22,31H,1-3,7,9-10,13-15H2,(H,28,32,33). The number of fused-ring (bicyclic) bond motifs is 1. The number of benzene rings is 2. The number of aromatic hydroxyl groups is 1. The smallest absolute Gasteiger partial charge is 0.255 e. The topological polar surface area (TPSA) is 99.2 Å². The lowest BCUT2D eigenvalue weighted by atomic mass is 10.0. The number of imide groups is 1. The molecule has 184 valence electrons. The van der Waals surface area contributed by atoms with Crippen LogP contribution in [-0.4, -0.2) is 57.9 Å². The van der Waals surface area contributed by atoms with E-state index in [1.54, 1.807) is 29.2 Å². The molecule has 3 heterocycles. The maximum atomic E-state index is 12.9. The molecule has 2 unspecified atom stereocenters. The molecule has 35 heavy (non-hydrogen) atoms. The number of carbonyl (C=O) groups excluding carboxylic acids is 3. The predicted octanol–water partition coefficient (Wildman–Crippen LogP) is 3.24. The van der Waals surface area contributed by atoms with Crippen LogP contribution < -0.4 is 10.1 Å². The number of likely N-dealkylation sites (tertiary alicyclic amines) is 1. The van der Waals surface area contributed by atoms with Crippen LogP contribution in [0.2, 0.25) is 5.02 Å². The van der Waals surface area contributed by atoms with Gasteiger partial charge in [0.25, 0.3) is 5.91 Å². The van der Waals surface area contributed by atoms with Crippen molar-refractivity contribution in [3.8, 4) is 11.5 Å². The van der Waals surface area contributed by atoms with Crippen molar-refractivity contribution in [1.82, 2.24) is 15.1 Å². The van der Waals surface area contributed by atoms with Gasteiger partial charge in [-0.1, -0.05) is 24.1 Å². The quantitative estimate of drug-likeness (QED) is 0.594. The normalized spacial score (nSPS) is 22.8. The highest BCUT2D eigenvalue weighted by atomic mass is 35.5. The summed E-state index contributed by atoms with van der Waals surface area (Å²) in [6.07, 6.45) is 3.87. The number of amides is 3. The summed E-state index contributed by atoms with van der Waals surface area (Å²) >= 11 is 6.08. The minimum absolute atomic E-state index is 0.0835. The van der Waals surface area contributed by atoms with Crippen molar-refractivity contribution in [2.75, 3.05) is 13.2 Å². The fourth-order valence-electron chi connectivity index (χ4n) is 5.17. The number of hydrogen-bond acceptors (Lipinski definition) is 6. The highest BCUT2D eigenvalue weighted by Crippen LogP contribution is 2.31. The molecular weight excluding hydrogens is 470 g/mol. The molecule has 2 aromatic rings. The summed E-state index contributed by atoms with van der Waals surface area (Å²) in [6.45, 7) is 2.55. The van der Waals surface area contributed by atoms with Crippen LogP contribution >= 0.6 is 11.6 Å². The van der Waals surface area contributed by atoms with E-state index in [4.69, 9.17) is 16.3 Å². The van der Waals surface area contributed by atoms with Crippen molar-refractivity contribution in [2.24, 2.45) is 0 Å². The van der Waals surface area contributed by atoms with E-state index in [0.29, 0.717) is 35.9 Å². The van der Waals surface area contributed by atoms with Gasteiger partial charge in [-0.2, -0.15) is 0 Å². The molecule has 0 bridgehead atoms. The van der Waals surface area contributed by atoms with Crippen LogP contribution in [0.15, 0.2) is 36.4 Å². The molecule has 0 saturated carbocycles. The highest BCUT2D eigenvalue weighted by molar-refractivity contribution is 6.32. The molecule has 9 heteroatoms. The largest absolute Gasteiger partial charge is 0.506 e. The number of carbonyl (C=O) groups is 3. The van der Waals surface area contributed by atoms with Crippen molar-refractivity contribution < 1.29 is 24.2 Å². The van der Waals surface area contributed by atoms with Crippen LogP contribution in [0.3, 0.4) is 0 Å². The molecule has 2 aromatic carbocycles. The summed E-state index contributed by atoms with van der Waals surface area (Å²) < 4.78 is 6.17. The van der Waals surface area contributed by atoms with E-state index < -0.39 is 11.9 Å². The van der Waals surface area contributed by atoms with E-state index in [0.717, 1.165) is 43.5 Å². The maximum absolute atomic E-state index is 12.9. The van der Waals surface area contributed by atoms with Gasteiger partial charge in [0, 0.05) is 31.1 Å². The van der Waals surface area contributed by atoms with Gasteiger partial charge in [0.15, 0.2) is 0 Å². The zero-order chi connectivity index (χ0) is 24.5. The lowest BCUT2D eigenvalue weighted by Gasteiger charge is -2.35. The Morgan fingerprint density at radius 3 is 2.74 bits per heavy atom. The van der Waals surface area contributed by atoms with Gasteiger partial charge in [0.2, 0.25) is 11.8 Å². The SMILES string of the molecule is O=C1CCC(N2Cc3cc(OCC4CCCCN4Cc4ccc(O)c(Cl)c4)ccc3C2=O)C(=O)N1. The van der Waals surface area contributed by atoms with Crippen LogP contribution in [0, 0.1) is 0 Å². The average molecular weight is 498 g/mol. The van der Waals surface area contributed by atoms with Crippen LogP contribution in [0.25, 0.3) is 0 Å². The Morgan fingerprint density at radius 2 is 1.94 bits per heavy atom. The van der Waals surface area contributed by atoms with Crippen LogP contribution in [0.1, 0.15) is 53.6 Å². The second-order valence-corrected chi connectivity index (χ2v) is 9.84. The zero-order valence-corrected chi connectivity index (χ0v) is 20.1. The van der Waals surface area contributed by atoms with Gasteiger partial charge >= 0.3 is 0 Å². The summed E-state index contributed by atoms with van der Waals surface area (Å²) in [7, 11) is 0. The Balaban J connectivity index is 1.23. The number of rotatable bonds is 6. The Kier molecular flexibility index (Phi) is 6.67. The van der Waals surface area contributed by atoms with E-state index in [-0.39, 0.29) is 30.0 Å². The van der Waals surface area contributed by atoms with E-state index >= 15 is 0 Å². The number of ether oxygens (including phenoxy) is 1. The summed E-state index contributed by atoms with van der Waals surface area (Å²) in [5.41, 5.74) is 2.45. The molecule has 2 saturated heterocycles. The molecule has 3 aliphatic heterocycles. The molecule has 8 nitrogen and oxygen atoms in total. The first kappa shape index (κ1) is 23.6. The number of hydrogen-bond donors (Lipinski definition) is 2. The van der Waals surface area contributed by atoms with E-state index in [9.17, 15) is 19.5 Å². The minimum Gasteiger partial charge on any atom is -0.506 e. The minimum atomic E-state index is -0.624. The highest BCUT2D eigenvalue weighted by Gasteiger charge is 2.39. The van der Waals surface area contributed by atoms with Gasteiger partial charge in [0.05, 0.1) is 5.02 Å². The Labute approximate surface area is 208 Å². The number of nitrogens with zero attached hydrogens (tertiary/aromatic N) is 2. The monoisotopic (exact) mass is 497 g/mol. The molecule has 3 amide bonds. The number of piperidine rings is 2. The third-order valence-corrected chi connectivity index (χ3v) is 7.39. The average Bonchev–Trinajstić information content (AvgIpc) is 3.16. The second-order valence-electron chi connectivity index (χ2n) is 9.44. The van der Waals surface area contributed by atoms with Crippen LogP contribution in [0.5, 0.6) is 11.5 Å². The fourth-order valence-corrected chi connectivity index (χ4v) is 5.38. The van der Waals surface area contributed by atoms with Crippen molar-refractivity contribution >= 4 is 29.3 Å². The Bertz CT molecular complexity index is 1170. The molecule has 0 radical (unpaired) electrons. The lowest BCUT2D eigenvalue weighted by Crippen LogP contribution is -2.52. The van der Waals surface area contributed by atoms with Gasteiger partial charge in [-0.3, -0.25) is 24.6 Å². The van der Waals surface area contributed by atoms with Crippen molar-refractivity contribution in [2.45, 2.75) is 57.3 Å². The van der Waals surface area contributed by atoms with Gasteiger partial charge in [0.1, 0.15) is 24.1 Å². The number of halogens is 1. The second kappa shape index (κ2) is 9.87. The molecule has 2 N–H and O–H groups in total. The number of phenols is 1. The van der Waals surface area contributed by atoms with Crippen molar-refractivity contribution in [3.05, 3.63) is 58.1 Å². The van der Waals surface area contributed by atoms with E-state index in [2.05, 4.69) is 10.2 Å².